The molecule has 2 aliphatic rings. The summed E-state index contributed by atoms with van der Waals surface area (Å²) in [6.07, 6.45) is 4.92. The zero-order valence-electron chi connectivity index (χ0n) is 9.27. The van der Waals surface area contributed by atoms with Gasteiger partial charge in [-0.25, -0.2) is 0 Å². The van der Waals surface area contributed by atoms with Gasteiger partial charge in [0.15, 0.2) is 0 Å². The zero-order chi connectivity index (χ0) is 11.1. The second kappa shape index (κ2) is 4.05. The average molecular weight is 237 g/mol. The molecule has 0 saturated heterocycles. The molecule has 2 bridgehead atoms. The average Bonchev–Trinajstić information content (AvgIpc) is 2.89. The van der Waals surface area contributed by atoms with Gasteiger partial charge in [0.05, 0.1) is 6.10 Å². The Kier molecular flexibility index (Phi) is 2.68. The lowest BCUT2D eigenvalue weighted by atomic mass is 9.82. The van der Waals surface area contributed by atoms with Crippen molar-refractivity contribution in [1.82, 2.24) is 0 Å². The number of aliphatic hydroxyl groups excluding tert-OH is 1. The number of halogens is 1. The second-order valence-electron chi connectivity index (χ2n) is 5.34. The van der Waals surface area contributed by atoms with Crippen LogP contribution in [0, 0.1) is 17.8 Å². The minimum Gasteiger partial charge on any atom is -0.388 e. The monoisotopic (exact) mass is 236 g/mol. The third-order valence-electron chi connectivity index (χ3n) is 4.39. The van der Waals surface area contributed by atoms with E-state index in [1.807, 2.05) is 24.3 Å². The zero-order valence-corrected chi connectivity index (χ0v) is 10.0. The molecule has 86 valence electrons. The molecule has 2 saturated carbocycles. The quantitative estimate of drug-likeness (QED) is 0.828. The van der Waals surface area contributed by atoms with E-state index in [9.17, 15) is 5.11 Å². The van der Waals surface area contributed by atoms with Crippen molar-refractivity contribution in [2.24, 2.45) is 17.8 Å². The maximum atomic E-state index is 10.4. The summed E-state index contributed by atoms with van der Waals surface area (Å²) in [4.78, 5) is 0. The van der Waals surface area contributed by atoms with Gasteiger partial charge in [-0.1, -0.05) is 30.2 Å². The molecule has 0 spiro atoms. The highest BCUT2D eigenvalue weighted by molar-refractivity contribution is 6.30. The van der Waals surface area contributed by atoms with E-state index in [-0.39, 0.29) is 6.10 Å². The third-order valence-corrected chi connectivity index (χ3v) is 4.62. The van der Waals surface area contributed by atoms with E-state index < -0.39 is 0 Å². The molecular formula is C14H17ClO. The normalized spacial score (nSPS) is 34.2. The Morgan fingerprint density at radius 1 is 1.25 bits per heavy atom. The van der Waals surface area contributed by atoms with Crippen molar-refractivity contribution in [3.05, 3.63) is 34.9 Å². The number of aliphatic hydroxyl groups is 1. The van der Waals surface area contributed by atoms with Gasteiger partial charge in [0, 0.05) is 5.02 Å². The SMILES string of the molecule is OC(c1cccc(Cl)c1)C1CC2CCC1C2. The van der Waals surface area contributed by atoms with Gasteiger partial charge in [-0.2, -0.15) is 0 Å². The summed E-state index contributed by atoms with van der Waals surface area (Å²) in [7, 11) is 0. The summed E-state index contributed by atoms with van der Waals surface area (Å²) >= 11 is 5.96. The largest absolute Gasteiger partial charge is 0.388 e. The van der Waals surface area contributed by atoms with Crippen molar-refractivity contribution in [3.8, 4) is 0 Å². The Bertz CT molecular complexity index is 390. The highest BCUT2D eigenvalue weighted by Gasteiger charge is 2.42. The lowest BCUT2D eigenvalue weighted by Crippen LogP contribution is -2.19. The van der Waals surface area contributed by atoms with Crippen LogP contribution in [-0.4, -0.2) is 5.11 Å². The van der Waals surface area contributed by atoms with Gasteiger partial charge in [-0.3, -0.25) is 0 Å². The summed E-state index contributed by atoms with van der Waals surface area (Å²) in [6.45, 7) is 0. The van der Waals surface area contributed by atoms with Crippen LogP contribution in [0.4, 0.5) is 0 Å². The van der Waals surface area contributed by atoms with E-state index in [0.717, 1.165) is 22.4 Å². The number of benzene rings is 1. The fraction of sp³-hybridized carbons (Fsp3) is 0.571. The number of hydrogen-bond donors (Lipinski definition) is 1. The number of rotatable bonds is 2. The molecule has 0 amide bonds. The fourth-order valence-corrected chi connectivity index (χ4v) is 3.82. The summed E-state index contributed by atoms with van der Waals surface area (Å²) in [5.41, 5.74) is 0.991. The van der Waals surface area contributed by atoms with Crippen LogP contribution in [0.2, 0.25) is 5.02 Å². The van der Waals surface area contributed by atoms with Crippen molar-refractivity contribution in [1.29, 1.82) is 0 Å². The number of fused-ring (bicyclic) bond motifs is 2. The first-order valence-corrected chi connectivity index (χ1v) is 6.55. The van der Waals surface area contributed by atoms with Gasteiger partial charge in [-0.15, -0.1) is 0 Å². The molecule has 2 aliphatic carbocycles. The van der Waals surface area contributed by atoms with E-state index in [1.165, 1.54) is 25.7 Å². The van der Waals surface area contributed by atoms with Crippen LogP contribution in [0.5, 0.6) is 0 Å². The summed E-state index contributed by atoms with van der Waals surface area (Å²) in [5, 5.41) is 11.1. The smallest absolute Gasteiger partial charge is 0.0821 e. The van der Waals surface area contributed by atoms with Crippen LogP contribution in [0.3, 0.4) is 0 Å². The molecular weight excluding hydrogens is 220 g/mol. The first-order valence-electron chi connectivity index (χ1n) is 6.17. The third kappa shape index (κ3) is 1.76. The highest BCUT2D eigenvalue weighted by Crippen LogP contribution is 2.52. The first-order chi connectivity index (χ1) is 7.74. The van der Waals surface area contributed by atoms with Crippen molar-refractivity contribution >= 4 is 11.6 Å². The lowest BCUT2D eigenvalue weighted by molar-refractivity contribution is 0.0745. The molecule has 1 N–H and O–H groups in total. The fourth-order valence-electron chi connectivity index (χ4n) is 3.62. The van der Waals surface area contributed by atoms with Gasteiger partial charge in [-0.05, 0) is 54.7 Å². The molecule has 3 rings (SSSR count). The summed E-state index contributed by atoms with van der Waals surface area (Å²) in [6, 6.07) is 7.67. The molecule has 0 heterocycles. The molecule has 0 aliphatic heterocycles. The predicted octanol–water partition coefficient (Wildman–Crippen LogP) is 3.81. The summed E-state index contributed by atoms with van der Waals surface area (Å²) in [5.74, 6) is 2.10. The van der Waals surface area contributed by atoms with Gasteiger partial charge < -0.3 is 5.11 Å². The lowest BCUT2D eigenvalue weighted by Gasteiger charge is -2.27. The highest BCUT2D eigenvalue weighted by atomic mass is 35.5. The second-order valence-corrected chi connectivity index (χ2v) is 5.77. The minimum atomic E-state index is -0.311. The van der Waals surface area contributed by atoms with E-state index in [2.05, 4.69) is 0 Å². The predicted molar refractivity (Wildman–Crippen MR) is 65.3 cm³/mol. The Morgan fingerprint density at radius 3 is 2.75 bits per heavy atom. The van der Waals surface area contributed by atoms with E-state index in [4.69, 9.17) is 11.6 Å². The molecule has 1 nitrogen and oxygen atoms in total. The van der Waals surface area contributed by atoms with Crippen LogP contribution in [0.25, 0.3) is 0 Å². The van der Waals surface area contributed by atoms with Crippen LogP contribution in [-0.2, 0) is 0 Å². The molecule has 4 atom stereocenters. The van der Waals surface area contributed by atoms with Crippen LogP contribution in [0.1, 0.15) is 37.4 Å². The Balaban J connectivity index is 1.80. The maximum Gasteiger partial charge on any atom is 0.0821 e. The molecule has 16 heavy (non-hydrogen) atoms. The molecule has 0 aromatic heterocycles. The van der Waals surface area contributed by atoms with E-state index in [1.54, 1.807) is 0 Å². The van der Waals surface area contributed by atoms with Gasteiger partial charge >= 0.3 is 0 Å². The maximum absolute atomic E-state index is 10.4. The van der Waals surface area contributed by atoms with Crippen LogP contribution < -0.4 is 0 Å². The van der Waals surface area contributed by atoms with E-state index >= 15 is 0 Å². The molecule has 4 unspecified atom stereocenters. The van der Waals surface area contributed by atoms with Crippen LogP contribution in [0.15, 0.2) is 24.3 Å². The minimum absolute atomic E-state index is 0.311. The molecule has 2 heteroatoms. The van der Waals surface area contributed by atoms with Crippen molar-refractivity contribution in [2.45, 2.75) is 31.8 Å². The summed E-state index contributed by atoms with van der Waals surface area (Å²) < 4.78 is 0. The Labute approximate surface area is 101 Å². The van der Waals surface area contributed by atoms with Crippen molar-refractivity contribution < 1.29 is 5.11 Å². The van der Waals surface area contributed by atoms with Gasteiger partial charge in [0.1, 0.15) is 0 Å². The topological polar surface area (TPSA) is 20.2 Å². The standard InChI is InChI=1S/C14H17ClO/c15-12-3-1-2-11(8-12)14(16)13-7-9-4-5-10(13)6-9/h1-3,8-10,13-14,16H,4-7H2. The number of hydrogen-bond acceptors (Lipinski definition) is 1. The van der Waals surface area contributed by atoms with E-state index in [0.29, 0.717) is 5.92 Å². The van der Waals surface area contributed by atoms with Crippen molar-refractivity contribution in [2.75, 3.05) is 0 Å². The van der Waals surface area contributed by atoms with Crippen LogP contribution >= 0.6 is 11.6 Å². The molecule has 2 fully saturated rings. The Hall–Kier alpha value is -0.530. The first kappa shape index (κ1) is 10.6. The molecule has 0 radical (unpaired) electrons. The molecule has 1 aromatic rings. The van der Waals surface area contributed by atoms with Gasteiger partial charge in [0.2, 0.25) is 0 Å². The Morgan fingerprint density at radius 2 is 2.12 bits per heavy atom. The van der Waals surface area contributed by atoms with Crippen molar-refractivity contribution in [3.63, 3.8) is 0 Å². The van der Waals surface area contributed by atoms with Gasteiger partial charge in [0.25, 0.3) is 0 Å². The molecule has 1 aromatic carbocycles.